The predicted octanol–water partition coefficient (Wildman–Crippen LogP) is 2.25. The molecule has 2 N–H and O–H groups in total. The van der Waals surface area contributed by atoms with Gasteiger partial charge in [0.25, 0.3) is 0 Å². The number of halogens is 1. The molecule has 0 atom stereocenters. The molecule has 1 aromatic carbocycles. The second-order valence-electron chi connectivity index (χ2n) is 5.16. The maximum atomic E-state index is 13.4. The molecule has 3 saturated carbocycles. The molecule has 3 aliphatic rings. The molecule has 0 heterocycles. The molecule has 3 aliphatic carbocycles. The molecule has 4 rings (SSSR count). The minimum atomic E-state index is -0.0664. The van der Waals surface area contributed by atoms with Crippen LogP contribution in [0.5, 0.6) is 0 Å². The lowest BCUT2D eigenvalue weighted by atomic mass is 9.38. The summed E-state index contributed by atoms with van der Waals surface area (Å²) in [5.74, 6) is -0.0664. The summed E-state index contributed by atoms with van der Waals surface area (Å²) in [5.41, 5.74) is 7.31. The number of hydrogen-bond donors (Lipinski definition) is 1. The predicted molar refractivity (Wildman–Crippen MR) is 53.3 cm³/mol. The lowest BCUT2D eigenvalue weighted by Crippen LogP contribution is -2.72. The van der Waals surface area contributed by atoms with Crippen molar-refractivity contribution in [2.45, 2.75) is 31.2 Å². The molecule has 0 saturated heterocycles. The van der Waals surface area contributed by atoms with Gasteiger partial charge in [-0.15, -0.1) is 0 Å². The van der Waals surface area contributed by atoms with E-state index in [9.17, 15) is 4.39 Å². The molecule has 0 aromatic heterocycles. The van der Waals surface area contributed by atoms with Crippen LogP contribution < -0.4 is 5.73 Å². The Morgan fingerprint density at radius 1 is 1.21 bits per heavy atom. The molecule has 0 amide bonds. The first-order valence-corrected chi connectivity index (χ1v) is 5.13. The normalized spacial score (nSPS) is 38.7. The van der Waals surface area contributed by atoms with Gasteiger partial charge >= 0.3 is 0 Å². The Bertz CT molecular complexity index is 366. The number of rotatable bonds is 2. The summed E-state index contributed by atoms with van der Waals surface area (Å²) in [4.78, 5) is 0. The lowest BCUT2D eigenvalue weighted by molar-refractivity contribution is -0.130. The van der Waals surface area contributed by atoms with E-state index < -0.39 is 0 Å². The fraction of sp³-hybridized carbons (Fsp3) is 0.500. The Hall–Kier alpha value is -0.890. The van der Waals surface area contributed by atoms with E-state index in [4.69, 9.17) is 5.73 Å². The molecule has 0 unspecified atom stereocenters. The smallest absolute Gasteiger partial charge is 0.126 e. The van der Waals surface area contributed by atoms with Crippen LogP contribution in [-0.4, -0.2) is 5.54 Å². The number of benzene rings is 1. The van der Waals surface area contributed by atoms with Crippen LogP contribution in [0.4, 0.5) is 4.39 Å². The Morgan fingerprint density at radius 2 is 1.86 bits per heavy atom. The minimum absolute atomic E-state index is 0.0664. The molecule has 0 radical (unpaired) electrons. The summed E-state index contributed by atoms with van der Waals surface area (Å²) in [6.45, 7) is 0. The monoisotopic (exact) mass is 191 g/mol. The maximum absolute atomic E-state index is 13.4. The fourth-order valence-electron chi connectivity index (χ4n) is 3.32. The summed E-state index contributed by atoms with van der Waals surface area (Å²) in [7, 11) is 0. The van der Waals surface area contributed by atoms with E-state index in [1.807, 2.05) is 12.1 Å². The van der Waals surface area contributed by atoms with E-state index in [0.717, 1.165) is 31.2 Å². The van der Waals surface area contributed by atoms with E-state index >= 15 is 0 Å². The van der Waals surface area contributed by atoms with Crippen molar-refractivity contribution in [3.63, 3.8) is 0 Å². The van der Waals surface area contributed by atoms with Gasteiger partial charge in [-0.05, 0) is 42.7 Å². The van der Waals surface area contributed by atoms with Crippen molar-refractivity contribution in [3.05, 3.63) is 35.6 Å². The van der Waals surface area contributed by atoms with Crippen LogP contribution in [0.1, 0.15) is 24.8 Å². The first kappa shape index (κ1) is 8.42. The largest absolute Gasteiger partial charge is 0.325 e. The van der Waals surface area contributed by atoms with Crippen molar-refractivity contribution in [2.75, 3.05) is 0 Å². The third-order valence-electron chi connectivity index (χ3n) is 3.70. The van der Waals surface area contributed by atoms with E-state index in [0.29, 0.717) is 5.41 Å². The van der Waals surface area contributed by atoms with Crippen LogP contribution in [0.15, 0.2) is 24.3 Å². The highest BCUT2D eigenvalue weighted by atomic mass is 19.1. The fourth-order valence-corrected chi connectivity index (χ4v) is 3.32. The van der Waals surface area contributed by atoms with Crippen molar-refractivity contribution in [1.29, 1.82) is 0 Å². The Balaban J connectivity index is 1.77. The summed E-state index contributed by atoms with van der Waals surface area (Å²) in [6, 6.07) is 7.07. The van der Waals surface area contributed by atoms with E-state index in [1.165, 1.54) is 0 Å². The van der Waals surface area contributed by atoms with Gasteiger partial charge in [0.15, 0.2) is 0 Å². The van der Waals surface area contributed by atoms with Crippen LogP contribution in [0.25, 0.3) is 0 Å². The Morgan fingerprint density at radius 3 is 2.43 bits per heavy atom. The molecule has 74 valence electrons. The lowest BCUT2D eigenvalue weighted by Gasteiger charge is -2.69. The molecule has 1 aromatic rings. The SMILES string of the molecule is NC12CC(Cc3ccccc3F)(C1)C2. The van der Waals surface area contributed by atoms with E-state index in [-0.39, 0.29) is 11.4 Å². The average molecular weight is 191 g/mol. The highest BCUT2D eigenvalue weighted by Crippen LogP contribution is 2.67. The van der Waals surface area contributed by atoms with Crippen LogP contribution >= 0.6 is 0 Å². The molecule has 14 heavy (non-hydrogen) atoms. The zero-order valence-corrected chi connectivity index (χ0v) is 8.09. The van der Waals surface area contributed by atoms with Crippen LogP contribution in [0.2, 0.25) is 0 Å². The van der Waals surface area contributed by atoms with Crippen molar-refractivity contribution in [2.24, 2.45) is 11.1 Å². The van der Waals surface area contributed by atoms with Crippen molar-refractivity contribution < 1.29 is 4.39 Å². The Kier molecular flexibility index (Phi) is 1.43. The summed E-state index contributed by atoms with van der Waals surface area (Å²) >= 11 is 0. The van der Waals surface area contributed by atoms with Gasteiger partial charge in [-0.1, -0.05) is 18.2 Å². The van der Waals surface area contributed by atoms with Crippen LogP contribution in [-0.2, 0) is 6.42 Å². The summed E-state index contributed by atoms with van der Waals surface area (Å²) in [6.07, 6.45) is 4.15. The second kappa shape index (κ2) is 2.37. The van der Waals surface area contributed by atoms with Gasteiger partial charge in [-0.3, -0.25) is 0 Å². The molecular formula is C12H14FN. The van der Waals surface area contributed by atoms with Crippen LogP contribution in [0.3, 0.4) is 0 Å². The Labute approximate surface area is 83.1 Å². The van der Waals surface area contributed by atoms with Crippen molar-refractivity contribution in [1.82, 2.24) is 0 Å². The van der Waals surface area contributed by atoms with Crippen molar-refractivity contribution >= 4 is 0 Å². The first-order chi connectivity index (χ1) is 6.61. The number of nitrogens with two attached hydrogens (primary N) is 1. The standard InChI is InChI=1S/C12H14FN/c13-10-4-2-1-3-9(10)5-11-6-12(14,7-11)8-11/h1-4H,5-8,14H2. The highest BCUT2D eigenvalue weighted by molar-refractivity contribution is 5.28. The van der Waals surface area contributed by atoms with Gasteiger partial charge < -0.3 is 5.73 Å². The summed E-state index contributed by atoms with van der Waals surface area (Å²) in [5, 5.41) is 0. The van der Waals surface area contributed by atoms with E-state index in [1.54, 1.807) is 12.1 Å². The zero-order valence-electron chi connectivity index (χ0n) is 8.09. The van der Waals surface area contributed by atoms with Gasteiger partial charge in [0.05, 0.1) is 0 Å². The van der Waals surface area contributed by atoms with Crippen LogP contribution in [0, 0.1) is 11.2 Å². The molecule has 2 heteroatoms. The number of hydrogen-bond acceptors (Lipinski definition) is 1. The molecule has 2 bridgehead atoms. The van der Waals surface area contributed by atoms with Crippen molar-refractivity contribution in [3.8, 4) is 0 Å². The summed E-state index contributed by atoms with van der Waals surface area (Å²) < 4.78 is 13.4. The molecule has 1 nitrogen and oxygen atoms in total. The first-order valence-electron chi connectivity index (χ1n) is 5.13. The average Bonchev–Trinajstić information content (AvgIpc) is 2.04. The molecule has 0 spiro atoms. The third-order valence-corrected chi connectivity index (χ3v) is 3.70. The highest BCUT2D eigenvalue weighted by Gasteiger charge is 2.65. The minimum Gasteiger partial charge on any atom is -0.325 e. The quantitative estimate of drug-likeness (QED) is 0.762. The van der Waals surface area contributed by atoms with E-state index in [2.05, 4.69) is 0 Å². The zero-order chi connectivity index (χ0) is 9.81. The van der Waals surface area contributed by atoms with Gasteiger partial charge in [0.2, 0.25) is 0 Å². The maximum Gasteiger partial charge on any atom is 0.126 e. The third kappa shape index (κ3) is 1.04. The van der Waals surface area contributed by atoms with Gasteiger partial charge in [-0.2, -0.15) is 0 Å². The second-order valence-corrected chi connectivity index (χ2v) is 5.16. The molecule has 3 fully saturated rings. The molecule has 0 aliphatic heterocycles. The van der Waals surface area contributed by atoms with Gasteiger partial charge in [0.1, 0.15) is 5.82 Å². The van der Waals surface area contributed by atoms with Gasteiger partial charge in [-0.25, -0.2) is 4.39 Å². The van der Waals surface area contributed by atoms with Gasteiger partial charge in [0, 0.05) is 5.54 Å². The topological polar surface area (TPSA) is 26.0 Å². The molecular weight excluding hydrogens is 177 g/mol.